The van der Waals surface area contributed by atoms with Crippen molar-refractivity contribution in [1.82, 2.24) is 0 Å². The third-order valence-electron chi connectivity index (χ3n) is 4.46. The van der Waals surface area contributed by atoms with Crippen LogP contribution in [0.2, 0.25) is 5.04 Å². The Hall–Kier alpha value is -1.09. The highest BCUT2D eigenvalue weighted by Gasteiger charge is 2.50. The molecule has 2 rings (SSSR count). The smallest absolute Gasteiger partial charge is 0.261 e. The van der Waals surface area contributed by atoms with Crippen molar-refractivity contribution in [3.8, 4) is 0 Å². The van der Waals surface area contributed by atoms with E-state index in [2.05, 4.69) is 95.3 Å². The van der Waals surface area contributed by atoms with Gasteiger partial charge in [0.25, 0.3) is 8.32 Å². The van der Waals surface area contributed by atoms with Crippen molar-refractivity contribution in [2.24, 2.45) is 5.41 Å². The quantitative estimate of drug-likeness (QED) is 0.529. The molecule has 0 aromatic heterocycles. The van der Waals surface area contributed by atoms with E-state index in [9.17, 15) is 0 Å². The van der Waals surface area contributed by atoms with Gasteiger partial charge in [-0.1, -0.05) is 95.3 Å². The molecule has 3 heteroatoms. The predicted octanol–water partition coefficient (Wildman–Crippen LogP) is 4.83. The van der Waals surface area contributed by atoms with E-state index < -0.39 is 8.32 Å². The normalized spacial score (nSPS) is 13.1. The molecule has 0 radical (unpaired) electrons. The van der Waals surface area contributed by atoms with Gasteiger partial charge < -0.3 is 4.43 Å². The second-order valence-corrected chi connectivity index (χ2v) is 12.8. The van der Waals surface area contributed by atoms with E-state index in [1.165, 1.54) is 10.4 Å². The Balaban J connectivity index is 2.62. The second-order valence-electron chi connectivity index (χ2n) is 8.25. The lowest BCUT2D eigenvalue weighted by Crippen LogP contribution is -2.67. The summed E-state index contributed by atoms with van der Waals surface area (Å²) in [6.07, 6.45) is 0. The van der Waals surface area contributed by atoms with Gasteiger partial charge >= 0.3 is 0 Å². The molecule has 0 atom stereocenters. The number of hydrogen-bond acceptors (Lipinski definition) is 1. The summed E-state index contributed by atoms with van der Waals surface area (Å²) in [7, 11) is -2.43. The average Bonchev–Trinajstić information content (AvgIpc) is 2.56. The number of halogens is 1. The summed E-state index contributed by atoms with van der Waals surface area (Å²) >= 11 is 6.16. The van der Waals surface area contributed by atoms with Gasteiger partial charge in [0.15, 0.2) is 0 Å². The minimum atomic E-state index is -2.43. The van der Waals surface area contributed by atoms with Gasteiger partial charge in [-0.2, -0.15) is 0 Å². The molecule has 0 fully saturated rings. The van der Waals surface area contributed by atoms with Crippen LogP contribution in [-0.4, -0.2) is 20.8 Å². The Labute approximate surface area is 153 Å². The molecule has 0 saturated carbocycles. The standard InChI is InChI=1S/C21H29ClOSi/c1-20(2,3)24(18-12-8-6-9-13-18,19-14-10-7-11-15-19)23-17-21(4,5)16-22/h6-15H,16-17H2,1-5H3. The number of alkyl halides is 1. The van der Waals surface area contributed by atoms with Crippen molar-refractivity contribution in [1.29, 1.82) is 0 Å². The van der Waals surface area contributed by atoms with E-state index >= 15 is 0 Å². The number of benzene rings is 2. The van der Waals surface area contributed by atoms with Crippen molar-refractivity contribution >= 4 is 30.3 Å². The first-order valence-corrected chi connectivity index (χ1v) is 11.0. The SMILES string of the molecule is CC(C)(CCl)CO[Si](c1ccccc1)(c1ccccc1)C(C)(C)C. The van der Waals surface area contributed by atoms with Gasteiger partial charge in [0.2, 0.25) is 0 Å². The second kappa shape index (κ2) is 7.43. The summed E-state index contributed by atoms with van der Waals surface area (Å²) in [5, 5.41) is 2.64. The molecule has 0 bridgehead atoms. The highest BCUT2D eigenvalue weighted by Crippen LogP contribution is 2.37. The van der Waals surface area contributed by atoms with Crippen LogP contribution >= 0.6 is 11.6 Å². The molecule has 0 saturated heterocycles. The number of rotatable bonds is 6. The van der Waals surface area contributed by atoms with E-state index in [1.54, 1.807) is 0 Å². The molecule has 0 N–H and O–H groups in total. The summed E-state index contributed by atoms with van der Waals surface area (Å²) in [6, 6.07) is 21.5. The van der Waals surface area contributed by atoms with Gasteiger partial charge in [-0.25, -0.2) is 0 Å². The highest BCUT2D eigenvalue weighted by molar-refractivity contribution is 6.99. The summed E-state index contributed by atoms with van der Waals surface area (Å²) in [5.74, 6) is 0.588. The minimum absolute atomic E-state index is 0.0120. The largest absolute Gasteiger partial charge is 0.407 e. The molecule has 130 valence electrons. The van der Waals surface area contributed by atoms with Gasteiger partial charge in [-0.15, -0.1) is 11.6 Å². The zero-order valence-electron chi connectivity index (χ0n) is 15.5. The molecule has 2 aromatic rings. The van der Waals surface area contributed by atoms with Crippen molar-refractivity contribution in [3.05, 3.63) is 60.7 Å². The topological polar surface area (TPSA) is 9.23 Å². The fourth-order valence-corrected chi connectivity index (χ4v) is 7.94. The maximum Gasteiger partial charge on any atom is 0.261 e. The summed E-state index contributed by atoms with van der Waals surface area (Å²) in [5.41, 5.74) is -0.0470. The molecule has 0 amide bonds. The van der Waals surface area contributed by atoms with Crippen LogP contribution in [0.3, 0.4) is 0 Å². The highest BCUT2D eigenvalue weighted by atomic mass is 35.5. The lowest BCUT2D eigenvalue weighted by Gasteiger charge is -2.44. The molecule has 2 aromatic carbocycles. The van der Waals surface area contributed by atoms with Crippen LogP contribution in [0, 0.1) is 5.41 Å². The molecular weight excluding hydrogens is 332 g/mol. The molecule has 0 spiro atoms. The molecule has 0 aliphatic carbocycles. The van der Waals surface area contributed by atoms with Gasteiger partial charge in [0.1, 0.15) is 0 Å². The van der Waals surface area contributed by atoms with Crippen LogP contribution in [0.1, 0.15) is 34.6 Å². The van der Waals surface area contributed by atoms with Crippen LogP contribution in [0.25, 0.3) is 0 Å². The van der Waals surface area contributed by atoms with Gasteiger partial charge in [0, 0.05) is 17.9 Å². The first kappa shape index (κ1) is 19.2. The summed E-state index contributed by atoms with van der Waals surface area (Å²) < 4.78 is 6.88. The molecule has 24 heavy (non-hydrogen) atoms. The Morgan fingerprint density at radius 1 is 0.792 bits per heavy atom. The number of hydrogen-bond donors (Lipinski definition) is 0. The lowest BCUT2D eigenvalue weighted by molar-refractivity contribution is 0.189. The van der Waals surface area contributed by atoms with Gasteiger partial charge in [0.05, 0.1) is 0 Å². The van der Waals surface area contributed by atoms with E-state index in [1.807, 2.05) is 0 Å². The van der Waals surface area contributed by atoms with Crippen LogP contribution in [0.4, 0.5) is 0 Å². The van der Waals surface area contributed by atoms with Crippen molar-refractivity contribution in [2.45, 2.75) is 39.7 Å². The summed E-state index contributed by atoms with van der Waals surface area (Å²) in [4.78, 5) is 0. The fourth-order valence-electron chi connectivity index (χ4n) is 3.10. The molecule has 1 nitrogen and oxygen atoms in total. The monoisotopic (exact) mass is 360 g/mol. The third-order valence-corrected chi connectivity index (χ3v) is 10.2. The molecular formula is C21H29ClOSi. The molecule has 0 aliphatic heterocycles. The maximum absolute atomic E-state index is 6.88. The van der Waals surface area contributed by atoms with Gasteiger partial charge in [-0.05, 0) is 15.4 Å². The van der Waals surface area contributed by atoms with Crippen molar-refractivity contribution < 1.29 is 4.43 Å². The minimum Gasteiger partial charge on any atom is -0.407 e. The molecule has 0 heterocycles. The Morgan fingerprint density at radius 2 is 1.21 bits per heavy atom. The Morgan fingerprint density at radius 3 is 1.54 bits per heavy atom. The first-order valence-electron chi connectivity index (χ1n) is 8.54. The molecule has 0 unspecified atom stereocenters. The lowest BCUT2D eigenvalue weighted by atomic mass is 9.99. The Kier molecular flexibility index (Phi) is 5.95. The zero-order chi connectivity index (χ0) is 17.8. The first-order chi connectivity index (χ1) is 11.2. The van der Waals surface area contributed by atoms with Crippen LogP contribution in [0.15, 0.2) is 60.7 Å². The van der Waals surface area contributed by atoms with E-state index in [-0.39, 0.29) is 10.5 Å². The third kappa shape index (κ3) is 3.93. The average molecular weight is 361 g/mol. The van der Waals surface area contributed by atoms with Crippen LogP contribution in [0.5, 0.6) is 0 Å². The maximum atomic E-state index is 6.88. The predicted molar refractivity (Wildman–Crippen MR) is 108 cm³/mol. The Bertz CT molecular complexity index is 592. The molecule has 0 aliphatic rings. The van der Waals surface area contributed by atoms with Crippen LogP contribution < -0.4 is 10.4 Å². The van der Waals surface area contributed by atoms with E-state index in [0.717, 1.165) is 0 Å². The zero-order valence-corrected chi connectivity index (χ0v) is 17.2. The van der Waals surface area contributed by atoms with Gasteiger partial charge in [-0.3, -0.25) is 0 Å². The van der Waals surface area contributed by atoms with E-state index in [0.29, 0.717) is 12.5 Å². The van der Waals surface area contributed by atoms with Crippen molar-refractivity contribution in [3.63, 3.8) is 0 Å². The fraction of sp³-hybridized carbons (Fsp3) is 0.429. The summed E-state index contributed by atoms with van der Waals surface area (Å²) in [6.45, 7) is 11.9. The van der Waals surface area contributed by atoms with Crippen LogP contribution in [-0.2, 0) is 4.43 Å². The van der Waals surface area contributed by atoms with E-state index in [4.69, 9.17) is 16.0 Å². The van der Waals surface area contributed by atoms with Crippen molar-refractivity contribution in [2.75, 3.05) is 12.5 Å².